The lowest BCUT2D eigenvalue weighted by Gasteiger charge is -2.06. The molecule has 0 atom stereocenters. The summed E-state index contributed by atoms with van der Waals surface area (Å²) in [4.78, 5) is 16.0. The van der Waals surface area contributed by atoms with E-state index < -0.39 is 0 Å². The van der Waals surface area contributed by atoms with Gasteiger partial charge in [-0.2, -0.15) is 0 Å². The Hall–Kier alpha value is -1.10. The second-order valence-corrected chi connectivity index (χ2v) is 5.61. The van der Waals surface area contributed by atoms with Gasteiger partial charge < -0.3 is 5.32 Å². The molecule has 0 saturated heterocycles. The van der Waals surface area contributed by atoms with Crippen molar-refractivity contribution in [3.05, 3.63) is 44.3 Å². The minimum absolute atomic E-state index is 0.149. The predicted molar refractivity (Wildman–Crippen MR) is 75.6 cm³/mol. The molecular formula is C12H10Cl2N2OS. The summed E-state index contributed by atoms with van der Waals surface area (Å²) < 4.78 is 0. The van der Waals surface area contributed by atoms with E-state index >= 15 is 0 Å². The van der Waals surface area contributed by atoms with E-state index in [1.54, 1.807) is 18.2 Å². The number of anilines is 1. The number of aryl methyl sites for hydroxylation is 1. The lowest BCUT2D eigenvalue weighted by atomic mass is 10.3. The van der Waals surface area contributed by atoms with Crippen molar-refractivity contribution in [1.29, 1.82) is 0 Å². The number of thiazole rings is 1. The molecule has 6 heteroatoms. The molecule has 1 aromatic carbocycles. The lowest BCUT2D eigenvalue weighted by molar-refractivity contribution is -0.115. The molecular weight excluding hydrogens is 291 g/mol. The molecule has 18 heavy (non-hydrogen) atoms. The maximum Gasteiger partial charge on any atom is 0.230 e. The van der Waals surface area contributed by atoms with Crippen LogP contribution in [0.2, 0.25) is 10.0 Å². The number of rotatable bonds is 3. The van der Waals surface area contributed by atoms with Gasteiger partial charge in [-0.05, 0) is 25.1 Å². The second-order valence-electron chi connectivity index (χ2n) is 3.71. The molecule has 2 aromatic rings. The smallest absolute Gasteiger partial charge is 0.230 e. The van der Waals surface area contributed by atoms with Crippen LogP contribution in [-0.4, -0.2) is 10.9 Å². The molecule has 1 aromatic heterocycles. The van der Waals surface area contributed by atoms with Crippen LogP contribution in [0.4, 0.5) is 5.69 Å². The highest BCUT2D eigenvalue weighted by molar-refractivity contribution is 7.09. The molecule has 1 heterocycles. The van der Waals surface area contributed by atoms with Gasteiger partial charge in [-0.15, -0.1) is 11.3 Å². The first-order valence-electron chi connectivity index (χ1n) is 5.20. The van der Waals surface area contributed by atoms with Gasteiger partial charge in [-0.3, -0.25) is 4.79 Å². The molecule has 0 aliphatic rings. The van der Waals surface area contributed by atoms with Crippen LogP contribution in [0.3, 0.4) is 0 Å². The number of aromatic nitrogens is 1. The maximum absolute atomic E-state index is 11.8. The number of hydrogen-bond acceptors (Lipinski definition) is 3. The normalized spacial score (nSPS) is 10.4. The summed E-state index contributed by atoms with van der Waals surface area (Å²) in [6.07, 6.45) is 0.239. The molecule has 0 radical (unpaired) electrons. The number of hydrogen-bond donors (Lipinski definition) is 1. The van der Waals surface area contributed by atoms with Gasteiger partial charge in [0.25, 0.3) is 0 Å². The summed E-state index contributed by atoms with van der Waals surface area (Å²) in [5, 5.41) is 6.51. The zero-order chi connectivity index (χ0) is 13.1. The van der Waals surface area contributed by atoms with Crippen molar-refractivity contribution in [1.82, 2.24) is 4.98 Å². The Kier molecular flexibility index (Phi) is 4.22. The minimum atomic E-state index is -0.149. The minimum Gasteiger partial charge on any atom is -0.324 e. The zero-order valence-electron chi connectivity index (χ0n) is 9.54. The maximum atomic E-state index is 11.8. The summed E-state index contributed by atoms with van der Waals surface area (Å²) in [6.45, 7) is 1.90. The van der Waals surface area contributed by atoms with Crippen molar-refractivity contribution in [2.45, 2.75) is 13.3 Å². The second kappa shape index (κ2) is 5.69. The van der Waals surface area contributed by atoms with Gasteiger partial charge in [0.2, 0.25) is 5.91 Å². The van der Waals surface area contributed by atoms with Crippen molar-refractivity contribution in [2.75, 3.05) is 5.32 Å². The number of benzene rings is 1. The van der Waals surface area contributed by atoms with E-state index in [-0.39, 0.29) is 12.3 Å². The van der Waals surface area contributed by atoms with Gasteiger partial charge >= 0.3 is 0 Å². The van der Waals surface area contributed by atoms with Crippen LogP contribution in [0.1, 0.15) is 10.7 Å². The summed E-state index contributed by atoms with van der Waals surface area (Å²) in [5.74, 6) is -0.149. The number of halogens is 2. The molecule has 2 rings (SSSR count). The summed E-state index contributed by atoms with van der Waals surface area (Å²) in [7, 11) is 0. The average molecular weight is 301 g/mol. The van der Waals surface area contributed by atoms with E-state index in [2.05, 4.69) is 10.3 Å². The summed E-state index contributed by atoms with van der Waals surface area (Å²) in [6, 6.07) is 4.94. The van der Waals surface area contributed by atoms with Crippen molar-refractivity contribution in [3.63, 3.8) is 0 Å². The van der Waals surface area contributed by atoms with Crippen LogP contribution in [-0.2, 0) is 11.2 Å². The molecule has 0 bridgehead atoms. The molecule has 0 unspecified atom stereocenters. The SMILES string of the molecule is Cc1nc(CC(=O)Nc2ccc(Cl)cc2Cl)cs1. The van der Waals surface area contributed by atoms with E-state index in [1.807, 2.05) is 12.3 Å². The molecule has 0 spiro atoms. The molecule has 94 valence electrons. The van der Waals surface area contributed by atoms with Gasteiger partial charge in [-0.1, -0.05) is 23.2 Å². The van der Waals surface area contributed by atoms with E-state index in [0.717, 1.165) is 10.7 Å². The average Bonchev–Trinajstić information content (AvgIpc) is 2.68. The third kappa shape index (κ3) is 3.45. The highest BCUT2D eigenvalue weighted by Crippen LogP contribution is 2.25. The fourth-order valence-electron chi connectivity index (χ4n) is 1.44. The molecule has 0 fully saturated rings. The first-order chi connectivity index (χ1) is 8.54. The molecule has 0 aliphatic heterocycles. The highest BCUT2D eigenvalue weighted by atomic mass is 35.5. The van der Waals surface area contributed by atoms with E-state index in [4.69, 9.17) is 23.2 Å². The van der Waals surface area contributed by atoms with Crippen LogP contribution >= 0.6 is 34.5 Å². The van der Waals surface area contributed by atoms with Crippen molar-refractivity contribution < 1.29 is 4.79 Å². The fraction of sp³-hybridized carbons (Fsp3) is 0.167. The first kappa shape index (κ1) is 13.3. The quantitative estimate of drug-likeness (QED) is 0.933. The van der Waals surface area contributed by atoms with E-state index in [0.29, 0.717) is 15.7 Å². The van der Waals surface area contributed by atoms with Gasteiger partial charge in [0, 0.05) is 10.4 Å². The predicted octanol–water partition coefficient (Wildman–Crippen LogP) is 3.94. The van der Waals surface area contributed by atoms with Crippen LogP contribution < -0.4 is 5.32 Å². The largest absolute Gasteiger partial charge is 0.324 e. The Balaban J connectivity index is 2.03. The third-order valence-electron chi connectivity index (χ3n) is 2.21. The Morgan fingerprint density at radius 2 is 2.22 bits per heavy atom. The van der Waals surface area contributed by atoms with E-state index in [1.165, 1.54) is 11.3 Å². The number of nitrogens with zero attached hydrogens (tertiary/aromatic N) is 1. The first-order valence-corrected chi connectivity index (χ1v) is 6.84. The lowest BCUT2D eigenvalue weighted by Crippen LogP contribution is -2.14. The zero-order valence-corrected chi connectivity index (χ0v) is 11.9. The topological polar surface area (TPSA) is 42.0 Å². The Morgan fingerprint density at radius 3 is 2.83 bits per heavy atom. The number of carbonyl (C=O) groups is 1. The Bertz CT molecular complexity index is 583. The van der Waals surface area contributed by atoms with Crippen LogP contribution in [0.25, 0.3) is 0 Å². The van der Waals surface area contributed by atoms with Gasteiger partial charge in [0.1, 0.15) is 0 Å². The van der Waals surface area contributed by atoms with Crippen LogP contribution in [0.5, 0.6) is 0 Å². The van der Waals surface area contributed by atoms with Crippen LogP contribution in [0, 0.1) is 6.92 Å². The molecule has 0 aliphatic carbocycles. The number of nitrogens with one attached hydrogen (secondary N) is 1. The van der Waals surface area contributed by atoms with Gasteiger partial charge in [0.05, 0.1) is 27.8 Å². The monoisotopic (exact) mass is 300 g/mol. The van der Waals surface area contributed by atoms with Crippen molar-refractivity contribution in [2.24, 2.45) is 0 Å². The standard InChI is InChI=1S/C12H10Cl2N2OS/c1-7-15-9(6-18-7)5-12(17)16-11-3-2-8(13)4-10(11)14/h2-4,6H,5H2,1H3,(H,16,17). The summed E-state index contributed by atoms with van der Waals surface area (Å²) >= 11 is 13.3. The van der Waals surface area contributed by atoms with Crippen LogP contribution in [0.15, 0.2) is 23.6 Å². The number of carbonyl (C=O) groups excluding carboxylic acids is 1. The summed E-state index contributed by atoms with van der Waals surface area (Å²) in [5.41, 5.74) is 1.32. The van der Waals surface area contributed by atoms with Crippen molar-refractivity contribution >= 4 is 46.1 Å². The van der Waals surface area contributed by atoms with E-state index in [9.17, 15) is 4.79 Å². The van der Waals surface area contributed by atoms with Gasteiger partial charge in [0.15, 0.2) is 0 Å². The molecule has 0 saturated carbocycles. The van der Waals surface area contributed by atoms with Crippen molar-refractivity contribution in [3.8, 4) is 0 Å². The number of amides is 1. The molecule has 1 amide bonds. The third-order valence-corrected chi connectivity index (χ3v) is 3.58. The Labute approximate surface area is 119 Å². The Morgan fingerprint density at radius 1 is 1.44 bits per heavy atom. The molecule has 1 N–H and O–H groups in total. The van der Waals surface area contributed by atoms with Gasteiger partial charge in [-0.25, -0.2) is 4.98 Å². The fourth-order valence-corrected chi connectivity index (χ4v) is 2.51. The molecule has 3 nitrogen and oxygen atoms in total. The highest BCUT2D eigenvalue weighted by Gasteiger charge is 2.09.